The molecule has 0 fully saturated rings. The number of benzene rings is 2. The number of H-pyrrole nitrogens is 1. The summed E-state index contributed by atoms with van der Waals surface area (Å²) < 4.78 is 27.2. The Morgan fingerprint density at radius 2 is 1.74 bits per heavy atom. The molecule has 0 saturated carbocycles. The van der Waals surface area contributed by atoms with Crippen LogP contribution in [0.4, 0.5) is 8.78 Å². The number of aromatic nitrogens is 2. The van der Waals surface area contributed by atoms with E-state index < -0.39 is 11.6 Å². The summed E-state index contributed by atoms with van der Waals surface area (Å²) in [5, 5.41) is 1.52. The SMILES string of the molecule is CC.Fc1cc(F)c2[nH]cc(-c3ccc4ccccc4n3)c2c1. The molecule has 2 heterocycles. The molecule has 0 unspecified atom stereocenters. The molecule has 1 N–H and O–H groups in total. The minimum atomic E-state index is -0.600. The molecule has 2 nitrogen and oxygen atoms in total. The number of para-hydroxylation sites is 1. The van der Waals surface area contributed by atoms with Gasteiger partial charge < -0.3 is 4.98 Å². The summed E-state index contributed by atoms with van der Waals surface area (Å²) in [6.45, 7) is 4.00. The van der Waals surface area contributed by atoms with Crippen molar-refractivity contribution in [3.8, 4) is 11.3 Å². The van der Waals surface area contributed by atoms with Gasteiger partial charge in [0, 0.05) is 28.6 Å². The predicted molar refractivity (Wildman–Crippen MR) is 90.3 cm³/mol. The zero-order valence-electron chi connectivity index (χ0n) is 12.9. The summed E-state index contributed by atoms with van der Waals surface area (Å²) in [6, 6.07) is 13.7. The van der Waals surface area contributed by atoms with Crippen LogP contribution in [-0.2, 0) is 0 Å². The molecule has 0 aliphatic rings. The minimum absolute atomic E-state index is 0.293. The highest BCUT2D eigenvalue weighted by Gasteiger charge is 2.12. The summed E-state index contributed by atoms with van der Waals surface area (Å²) in [7, 11) is 0. The van der Waals surface area contributed by atoms with Gasteiger partial charge >= 0.3 is 0 Å². The first-order valence-electron chi connectivity index (χ1n) is 7.55. The maximum atomic E-state index is 13.7. The Hall–Kier alpha value is -2.75. The Morgan fingerprint density at radius 3 is 2.57 bits per heavy atom. The molecule has 0 saturated heterocycles. The van der Waals surface area contributed by atoms with Crippen LogP contribution >= 0.6 is 0 Å². The molecule has 0 aliphatic heterocycles. The fourth-order valence-electron chi connectivity index (χ4n) is 2.58. The maximum Gasteiger partial charge on any atom is 0.150 e. The first-order chi connectivity index (χ1) is 11.2. The fraction of sp³-hybridized carbons (Fsp3) is 0.105. The largest absolute Gasteiger partial charge is 0.358 e. The predicted octanol–water partition coefficient (Wildman–Crippen LogP) is 5.69. The third kappa shape index (κ3) is 2.68. The van der Waals surface area contributed by atoms with Crippen molar-refractivity contribution in [3.63, 3.8) is 0 Å². The average Bonchev–Trinajstić information content (AvgIpc) is 3.00. The van der Waals surface area contributed by atoms with Crippen LogP contribution in [0.2, 0.25) is 0 Å². The van der Waals surface area contributed by atoms with Crippen molar-refractivity contribution >= 4 is 21.8 Å². The van der Waals surface area contributed by atoms with Crippen molar-refractivity contribution in [1.82, 2.24) is 9.97 Å². The molecule has 116 valence electrons. The van der Waals surface area contributed by atoms with Gasteiger partial charge in [-0.3, -0.25) is 0 Å². The molecule has 0 spiro atoms. The van der Waals surface area contributed by atoms with Crippen LogP contribution in [-0.4, -0.2) is 9.97 Å². The molecule has 0 aliphatic carbocycles. The number of nitrogens with one attached hydrogen (secondary N) is 1. The van der Waals surface area contributed by atoms with E-state index in [9.17, 15) is 8.78 Å². The summed E-state index contributed by atoms with van der Waals surface area (Å²) in [4.78, 5) is 7.41. The molecule has 0 atom stereocenters. The molecule has 2 aromatic heterocycles. The van der Waals surface area contributed by atoms with Gasteiger partial charge in [0.15, 0.2) is 0 Å². The quantitative estimate of drug-likeness (QED) is 0.481. The molecule has 4 rings (SSSR count). The normalized spacial score (nSPS) is 10.6. The Morgan fingerprint density at radius 1 is 0.957 bits per heavy atom. The molecule has 23 heavy (non-hydrogen) atoms. The van der Waals surface area contributed by atoms with Gasteiger partial charge in [0.1, 0.15) is 11.6 Å². The lowest BCUT2D eigenvalue weighted by molar-refractivity contribution is 0.591. The van der Waals surface area contributed by atoms with E-state index in [2.05, 4.69) is 9.97 Å². The van der Waals surface area contributed by atoms with Gasteiger partial charge in [0.05, 0.1) is 16.7 Å². The number of rotatable bonds is 1. The number of pyridine rings is 1. The second-order valence-corrected chi connectivity index (χ2v) is 4.90. The van der Waals surface area contributed by atoms with Crippen LogP contribution in [0.25, 0.3) is 33.1 Å². The van der Waals surface area contributed by atoms with Crippen LogP contribution in [0.1, 0.15) is 13.8 Å². The third-order valence-electron chi connectivity index (χ3n) is 3.58. The van der Waals surface area contributed by atoms with Gasteiger partial charge in [-0.15, -0.1) is 0 Å². The Kier molecular flexibility index (Phi) is 4.06. The number of nitrogens with zero attached hydrogens (tertiary/aromatic N) is 1. The second-order valence-electron chi connectivity index (χ2n) is 4.90. The zero-order chi connectivity index (χ0) is 16.4. The molecule has 0 radical (unpaired) electrons. The highest BCUT2D eigenvalue weighted by Crippen LogP contribution is 2.30. The molecular formula is C19H16F2N2. The molecule has 4 heteroatoms. The van der Waals surface area contributed by atoms with Crippen LogP contribution in [0, 0.1) is 11.6 Å². The smallest absolute Gasteiger partial charge is 0.150 e. The third-order valence-corrected chi connectivity index (χ3v) is 3.58. The maximum absolute atomic E-state index is 13.7. The lowest BCUT2D eigenvalue weighted by Crippen LogP contribution is -1.85. The molecule has 0 amide bonds. The van der Waals surface area contributed by atoms with Crippen LogP contribution < -0.4 is 0 Å². The number of fused-ring (bicyclic) bond motifs is 2. The van der Waals surface area contributed by atoms with Crippen LogP contribution in [0.15, 0.2) is 54.7 Å². The molecule has 0 bridgehead atoms. The average molecular weight is 310 g/mol. The van der Waals surface area contributed by atoms with Gasteiger partial charge in [-0.05, 0) is 18.2 Å². The number of halogens is 2. The molecule has 2 aromatic carbocycles. The second kappa shape index (κ2) is 6.16. The van der Waals surface area contributed by atoms with Crippen molar-refractivity contribution in [1.29, 1.82) is 0 Å². The summed E-state index contributed by atoms with van der Waals surface area (Å²) in [6.07, 6.45) is 1.66. The topological polar surface area (TPSA) is 28.7 Å². The van der Waals surface area contributed by atoms with Crippen molar-refractivity contribution in [2.75, 3.05) is 0 Å². The summed E-state index contributed by atoms with van der Waals surface area (Å²) in [5.41, 5.74) is 2.52. The highest BCUT2D eigenvalue weighted by atomic mass is 19.1. The number of aromatic amines is 1. The van der Waals surface area contributed by atoms with E-state index in [0.29, 0.717) is 22.2 Å². The first-order valence-corrected chi connectivity index (χ1v) is 7.55. The van der Waals surface area contributed by atoms with E-state index in [1.807, 2.05) is 50.2 Å². The minimum Gasteiger partial charge on any atom is -0.358 e. The fourth-order valence-corrected chi connectivity index (χ4v) is 2.58. The van der Waals surface area contributed by atoms with E-state index in [1.54, 1.807) is 6.20 Å². The van der Waals surface area contributed by atoms with Crippen LogP contribution in [0.3, 0.4) is 0 Å². The Balaban J connectivity index is 0.000000753. The van der Waals surface area contributed by atoms with Crippen molar-refractivity contribution < 1.29 is 8.78 Å². The van der Waals surface area contributed by atoms with E-state index >= 15 is 0 Å². The molecule has 4 aromatic rings. The van der Waals surface area contributed by atoms with E-state index in [4.69, 9.17) is 0 Å². The van der Waals surface area contributed by atoms with E-state index in [-0.39, 0.29) is 0 Å². The van der Waals surface area contributed by atoms with E-state index in [0.717, 1.165) is 17.0 Å². The number of hydrogen-bond acceptors (Lipinski definition) is 1. The zero-order valence-corrected chi connectivity index (χ0v) is 12.9. The van der Waals surface area contributed by atoms with E-state index in [1.165, 1.54) is 6.07 Å². The first kappa shape index (κ1) is 15.2. The molecular weight excluding hydrogens is 294 g/mol. The van der Waals surface area contributed by atoms with Gasteiger partial charge in [-0.1, -0.05) is 38.1 Å². The summed E-state index contributed by atoms with van der Waals surface area (Å²) >= 11 is 0. The highest BCUT2D eigenvalue weighted by molar-refractivity contribution is 5.96. The van der Waals surface area contributed by atoms with Gasteiger partial charge in [0.25, 0.3) is 0 Å². The Labute approximate surface area is 132 Å². The lowest BCUT2D eigenvalue weighted by atomic mass is 10.1. The number of hydrogen-bond donors (Lipinski definition) is 1. The van der Waals surface area contributed by atoms with Crippen molar-refractivity contribution in [2.24, 2.45) is 0 Å². The van der Waals surface area contributed by atoms with Gasteiger partial charge in [-0.25, -0.2) is 13.8 Å². The van der Waals surface area contributed by atoms with Crippen molar-refractivity contribution in [3.05, 3.63) is 66.4 Å². The van der Waals surface area contributed by atoms with Crippen LogP contribution in [0.5, 0.6) is 0 Å². The lowest BCUT2D eigenvalue weighted by Gasteiger charge is -2.02. The monoisotopic (exact) mass is 310 g/mol. The van der Waals surface area contributed by atoms with Gasteiger partial charge in [0.2, 0.25) is 0 Å². The standard InChI is InChI=1S/C17H10F2N2.C2H6/c18-11-7-12-13(9-20-17(12)14(19)8-11)16-6-5-10-3-1-2-4-15(10)21-16;1-2/h1-9,20H;1-2H3. The summed E-state index contributed by atoms with van der Waals surface area (Å²) in [5.74, 6) is -1.20. The van der Waals surface area contributed by atoms with Gasteiger partial charge in [-0.2, -0.15) is 0 Å². The van der Waals surface area contributed by atoms with Crippen molar-refractivity contribution in [2.45, 2.75) is 13.8 Å². The Bertz CT molecular complexity index is 974.